The van der Waals surface area contributed by atoms with E-state index in [1.54, 1.807) is 18.2 Å². The predicted octanol–water partition coefficient (Wildman–Crippen LogP) is 2.40. The van der Waals surface area contributed by atoms with Gasteiger partial charge in [0.05, 0.1) is 18.2 Å². The van der Waals surface area contributed by atoms with Gasteiger partial charge in [-0.2, -0.15) is 0 Å². The second-order valence-electron chi connectivity index (χ2n) is 5.89. The van der Waals surface area contributed by atoms with Crippen molar-refractivity contribution < 1.29 is 14.3 Å². The summed E-state index contributed by atoms with van der Waals surface area (Å²) < 4.78 is 5.26. The van der Waals surface area contributed by atoms with E-state index in [0.29, 0.717) is 23.7 Å². The van der Waals surface area contributed by atoms with Crippen molar-refractivity contribution in [2.24, 2.45) is 5.41 Å². The molecule has 2 amide bonds. The number of ether oxygens (including phenoxy) is 1. The van der Waals surface area contributed by atoms with Crippen LogP contribution in [0.25, 0.3) is 0 Å². The third-order valence-electron chi connectivity index (χ3n) is 3.92. The second-order valence-corrected chi connectivity index (χ2v) is 5.89. The summed E-state index contributed by atoms with van der Waals surface area (Å²) in [7, 11) is 1.53. The summed E-state index contributed by atoms with van der Waals surface area (Å²) in [6, 6.07) is 5.19. The molecule has 128 valence electrons. The maximum absolute atomic E-state index is 12.5. The number of amides is 2. The first kappa shape index (κ1) is 19.3. The van der Waals surface area contributed by atoms with Gasteiger partial charge in [-0.1, -0.05) is 0 Å². The molecule has 0 aliphatic carbocycles. The first-order valence-corrected chi connectivity index (χ1v) is 7.42. The van der Waals surface area contributed by atoms with Crippen LogP contribution in [0.15, 0.2) is 18.2 Å². The summed E-state index contributed by atoms with van der Waals surface area (Å²) in [6.07, 6.45) is 1.86. The van der Waals surface area contributed by atoms with Crippen LogP contribution in [-0.2, 0) is 9.59 Å². The van der Waals surface area contributed by atoms with Crippen molar-refractivity contribution in [3.63, 3.8) is 0 Å². The quantitative estimate of drug-likeness (QED) is 0.785. The largest absolute Gasteiger partial charge is 0.494 e. The van der Waals surface area contributed by atoms with Crippen molar-refractivity contribution in [2.75, 3.05) is 30.8 Å². The molecule has 3 N–H and O–H groups in total. The Kier molecular flexibility index (Phi) is 6.84. The van der Waals surface area contributed by atoms with Crippen molar-refractivity contribution in [1.82, 2.24) is 5.32 Å². The number of rotatable bonds is 4. The molecule has 1 heterocycles. The van der Waals surface area contributed by atoms with Crippen LogP contribution < -0.4 is 20.7 Å². The smallest absolute Gasteiger partial charge is 0.231 e. The molecule has 1 saturated heterocycles. The third-order valence-corrected chi connectivity index (χ3v) is 3.92. The lowest BCUT2D eigenvalue weighted by atomic mass is 9.82. The van der Waals surface area contributed by atoms with E-state index in [-0.39, 0.29) is 24.2 Å². The fourth-order valence-corrected chi connectivity index (χ4v) is 2.59. The molecule has 0 radical (unpaired) electrons. The zero-order valence-electron chi connectivity index (χ0n) is 13.7. The van der Waals surface area contributed by atoms with Gasteiger partial charge < -0.3 is 20.7 Å². The Labute approximate surface area is 142 Å². The van der Waals surface area contributed by atoms with Crippen LogP contribution in [0, 0.1) is 5.41 Å². The lowest BCUT2D eigenvalue weighted by Crippen LogP contribution is -2.46. The summed E-state index contributed by atoms with van der Waals surface area (Å²) in [6.45, 7) is 5.05. The van der Waals surface area contributed by atoms with Crippen molar-refractivity contribution >= 4 is 35.6 Å². The number of nitrogens with one attached hydrogen (secondary N) is 3. The lowest BCUT2D eigenvalue weighted by Gasteiger charge is -2.32. The van der Waals surface area contributed by atoms with Gasteiger partial charge in [0.1, 0.15) is 5.75 Å². The zero-order valence-corrected chi connectivity index (χ0v) is 14.5. The summed E-state index contributed by atoms with van der Waals surface area (Å²) in [5.41, 5.74) is 0.836. The van der Waals surface area contributed by atoms with Crippen LogP contribution in [0.5, 0.6) is 5.75 Å². The molecule has 7 heteroatoms. The molecule has 1 fully saturated rings. The average molecular weight is 342 g/mol. The van der Waals surface area contributed by atoms with Gasteiger partial charge in [-0.3, -0.25) is 9.59 Å². The molecule has 1 aliphatic rings. The van der Waals surface area contributed by atoms with Gasteiger partial charge in [0.25, 0.3) is 0 Å². The molecule has 0 spiro atoms. The Morgan fingerprint density at radius 3 is 2.61 bits per heavy atom. The Balaban J connectivity index is 0.00000264. The van der Waals surface area contributed by atoms with Crippen molar-refractivity contribution in [2.45, 2.75) is 26.7 Å². The van der Waals surface area contributed by atoms with E-state index in [4.69, 9.17) is 4.74 Å². The highest BCUT2D eigenvalue weighted by molar-refractivity contribution is 5.96. The summed E-state index contributed by atoms with van der Waals surface area (Å²) in [5, 5.41) is 8.89. The Bertz CT molecular complexity index is 572. The number of anilines is 2. The number of carbonyl (C=O) groups excluding carboxylic acids is 2. The van der Waals surface area contributed by atoms with Gasteiger partial charge in [0.15, 0.2) is 0 Å². The van der Waals surface area contributed by atoms with E-state index in [0.717, 1.165) is 19.4 Å². The van der Waals surface area contributed by atoms with Crippen molar-refractivity contribution in [3.8, 4) is 5.75 Å². The monoisotopic (exact) mass is 341 g/mol. The van der Waals surface area contributed by atoms with Gasteiger partial charge in [-0.25, -0.2) is 0 Å². The standard InChI is InChI=1S/C16H23N3O3.ClH/c1-11(20)18-13-6-5-12(9-14(13)22-3)19-15(21)16(2)7-4-8-17-10-16;/h5-6,9,17H,4,7-8,10H2,1-3H3,(H,18,20)(H,19,21);1H. The first-order chi connectivity index (χ1) is 10.4. The topological polar surface area (TPSA) is 79.5 Å². The Morgan fingerprint density at radius 2 is 2.04 bits per heavy atom. The highest BCUT2D eigenvalue weighted by Crippen LogP contribution is 2.31. The summed E-state index contributed by atoms with van der Waals surface area (Å²) in [5.74, 6) is 0.338. The predicted molar refractivity (Wildman–Crippen MR) is 93.4 cm³/mol. The van der Waals surface area contributed by atoms with Crippen LogP contribution in [0.2, 0.25) is 0 Å². The highest BCUT2D eigenvalue weighted by Gasteiger charge is 2.34. The van der Waals surface area contributed by atoms with Gasteiger partial charge >= 0.3 is 0 Å². The van der Waals surface area contributed by atoms with Crippen LogP contribution in [-0.4, -0.2) is 32.0 Å². The van der Waals surface area contributed by atoms with E-state index in [2.05, 4.69) is 16.0 Å². The van der Waals surface area contributed by atoms with E-state index in [9.17, 15) is 9.59 Å². The molecule has 23 heavy (non-hydrogen) atoms. The molecule has 1 unspecified atom stereocenters. The van der Waals surface area contributed by atoms with E-state index < -0.39 is 5.41 Å². The molecule has 1 atom stereocenters. The van der Waals surface area contributed by atoms with E-state index in [1.807, 2.05) is 6.92 Å². The molecule has 6 nitrogen and oxygen atoms in total. The fraction of sp³-hybridized carbons (Fsp3) is 0.500. The highest BCUT2D eigenvalue weighted by atomic mass is 35.5. The molecule has 1 aromatic rings. The van der Waals surface area contributed by atoms with Crippen LogP contribution in [0.1, 0.15) is 26.7 Å². The summed E-state index contributed by atoms with van der Waals surface area (Å²) in [4.78, 5) is 23.6. The minimum Gasteiger partial charge on any atom is -0.494 e. The zero-order chi connectivity index (χ0) is 16.2. The summed E-state index contributed by atoms with van der Waals surface area (Å²) >= 11 is 0. The van der Waals surface area contributed by atoms with Crippen molar-refractivity contribution in [3.05, 3.63) is 18.2 Å². The molecule has 0 saturated carbocycles. The average Bonchev–Trinajstić information content (AvgIpc) is 2.49. The SMILES string of the molecule is COc1cc(NC(=O)C2(C)CCCNC2)ccc1NC(C)=O.Cl. The van der Waals surface area contributed by atoms with Crippen molar-refractivity contribution in [1.29, 1.82) is 0 Å². The number of piperidine rings is 1. The van der Waals surface area contributed by atoms with E-state index in [1.165, 1.54) is 14.0 Å². The Hall–Kier alpha value is -1.79. The first-order valence-electron chi connectivity index (χ1n) is 7.42. The molecule has 2 rings (SSSR count). The van der Waals surface area contributed by atoms with Gasteiger partial charge in [0, 0.05) is 25.2 Å². The van der Waals surface area contributed by atoms with Crippen LogP contribution >= 0.6 is 12.4 Å². The number of carbonyl (C=O) groups is 2. The van der Waals surface area contributed by atoms with Gasteiger partial charge in [0.2, 0.25) is 11.8 Å². The fourth-order valence-electron chi connectivity index (χ4n) is 2.59. The minimum atomic E-state index is -0.401. The molecular formula is C16H24ClN3O3. The van der Waals surface area contributed by atoms with Crippen LogP contribution in [0.3, 0.4) is 0 Å². The molecule has 0 aromatic heterocycles. The maximum Gasteiger partial charge on any atom is 0.231 e. The lowest BCUT2D eigenvalue weighted by molar-refractivity contribution is -0.125. The number of methoxy groups -OCH3 is 1. The Morgan fingerprint density at radius 1 is 1.30 bits per heavy atom. The minimum absolute atomic E-state index is 0. The molecular weight excluding hydrogens is 318 g/mol. The number of benzene rings is 1. The maximum atomic E-state index is 12.5. The number of halogens is 1. The van der Waals surface area contributed by atoms with E-state index >= 15 is 0 Å². The second kappa shape index (κ2) is 8.17. The van der Waals surface area contributed by atoms with Gasteiger partial charge in [-0.15, -0.1) is 12.4 Å². The molecule has 1 aromatic carbocycles. The third kappa shape index (κ3) is 4.84. The molecule has 0 bridgehead atoms. The molecule has 1 aliphatic heterocycles. The van der Waals surface area contributed by atoms with Gasteiger partial charge in [-0.05, 0) is 38.4 Å². The normalized spacial score (nSPS) is 20.1. The number of hydrogen-bond donors (Lipinski definition) is 3. The van der Waals surface area contributed by atoms with Crippen LogP contribution in [0.4, 0.5) is 11.4 Å². The number of hydrogen-bond acceptors (Lipinski definition) is 4.